The normalized spacial score (nSPS) is 10.9. The first-order valence-corrected chi connectivity index (χ1v) is 9.95. The van der Waals surface area contributed by atoms with Gasteiger partial charge in [-0.1, -0.05) is 23.9 Å². The van der Waals surface area contributed by atoms with E-state index in [1.54, 1.807) is 24.3 Å². The molecule has 1 amide bonds. The van der Waals surface area contributed by atoms with Crippen LogP contribution in [0.1, 0.15) is 11.1 Å². The topological polar surface area (TPSA) is 140 Å². The number of nitrogen functional groups attached to an aromatic ring is 1. The lowest BCUT2D eigenvalue weighted by Crippen LogP contribution is -2.25. The van der Waals surface area contributed by atoms with Crippen LogP contribution in [0.2, 0.25) is 0 Å². The molecule has 5 N–H and O–H groups in total. The maximum atomic E-state index is 12.9. The van der Waals surface area contributed by atoms with E-state index < -0.39 is 0 Å². The molecular weight excluding hydrogens is 425 g/mol. The summed E-state index contributed by atoms with van der Waals surface area (Å²) in [4.78, 5) is 12.0. The molecule has 0 atom stereocenters. The van der Waals surface area contributed by atoms with Crippen LogP contribution in [-0.4, -0.2) is 45.0 Å². The second kappa shape index (κ2) is 10.3. The Morgan fingerprint density at radius 3 is 2.81 bits per heavy atom. The van der Waals surface area contributed by atoms with Crippen molar-refractivity contribution < 1.29 is 19.0 Å². The third-order valence-corrected chi connectivity index (χ3v) is 4.92. The van der Waals surface area contributed by atoms with Gasteiger partial charge in [0.2, 0.25) is 11.1 Å². The number of aromatic hydroxyl groups is 1. The van der Waals surface area contributed by atoms with Crippen LogP contribution in [0, 0.1) is 5.82 Å². The first-order valence-electron chi connectivity index (χ1n) is 8.97. The van der Waals surface area contributed by atoms with Gasteiger partial charge in [-0.05, 0) is 41.5 Å². The third-order valence-electron chi connectivity index (χ3n) is 3.98. The van der Waals surface area contributed by atoms with Gasteiger partial charge in [0.05, 0.1) is 19.1 Å². The minimum Gasteiger partial charge on any atom is -0.504 e. The van der Waals surface area contributed by atoms with Crippen molar-refractivity contribution in [3.05, 3.63) is 59.4 Å². The van der Waals surface area contributed by atoms with Crippen molar-refractivity contribution in [1.29, 1.82) is 0 Å². The number of hydrazone groups is 1. The molecule has 162 valence electrons. The standard InChI is InChI=1S/C19H20FN7O3S/c1-30-16-7-4-13(8-15(16)28)10-23-24-18-25-26-19(27(18)21)31-11-17(29)22-9-12-2-5-14(20)6-3-12/h2-8,10,28H,9,11,21H2,1H3,(H,22,29)(H,24,25)/b23-10+. The molecule has 0 saturated heterocycles. The number of carbonyl (C=O) groups excluding carboxylic acids is 1. The molecule has 1 heterocycles. The molecule has 12 heteroatoms. The zero-order valence-corrected chi connectivity index (χ0v) is 17.3. The van der Waals surface area contributed by atoms with Gasteiger partial charge in [-0.25, -0.2) is 14.5 Å². The predicted molar refractivity (Wildman–Crippen MR) is 115 cm³/mol. The molecule has 2 aromatic carbocycles. The van der Waals surface area contributed by atoms with Gasteiger partial charge in [-0.15, -0.1) is 10.2 Å². The Kier molecular flexibility index (Phi) is 7.27. The molecule has 0 bridgehead atoms. The molecular formula is C19H20FN7O3S. The molecule has 0 unspecified atom stereocenters. The van der Waals surface area contributed by atoms with Crippen LogP contribution in [0.4, 0.5) is 10.3 Å². The highest BCUT2D eigenvalue weighted by molar-refractivity contribution is 7.99. The molecule has 10 nitrogen and oxygen atoms in total. The van der Waals surface area contributed by atoms with Crippen molar-refractivity contribution in [2.75, 3.05) is 24.1 Å². The average Bonchev–Trinajstić information content (AvgIpc) is 3.11. The number of rotatable bonds is 9. The summed E-state index contributed by atoms with van der Waals surface area (Å²) in [5.74, 6) is 5.95. The van der Waals surface area contributed by atoms with Crippen molar-refractivity contribution in [2.24, 2.45) is 5.10 Å². The monoisotopic (exact) mass is 445 g/mol. The molecule has 0 aliphatic carbocycles. The van der Waals surface area contributed by atoms with Crippen LogP contribution < -0.4 is 21.3 Å². The van der Waals surface area contributed by atoms with Crippen molar-refractivity contribution in [3.8, 4) is 11.5 Å². The number of phenolic OH excluding ortho intramolecular Hbond substituents is 1. The van der Waals surface area contributed by atoms with Gasteiger partial charge in [0.1, 0.15) is 5.82 Å². The van der Waals surface area contributed by atoms with E-state index in [9.17, 15) is 14.3 Å². The minimum atomic E-state index is -0.330. The van der Waals surface area contributed by atoms with Gasteiger partial charge in [0.25, 0.3) is 5.95 Å². The SMILES string of the molecule is COc1ccc(/C=N/Nc2nnc(SCC(=O)NCc3ccc(F)cc3)n2N)cc1O. The van der Waals surface area contributed by atoms with Crippen molar-refractivity contribution in [2.45, 2.75) is 11.7 Å². The highest BCUT2D eigenvalue weighted by atomic mass is 32.2. The van der Waals surface area contributed by atoms with E-state index in [0.29, 0.717) is 16.5 Å². The smallest absolute Gasteiger partial charge is 0.264 e. The number of ether oxygens (including phenoxy) is 1. The van der Waals surface area contributed by atoms with Gasteiger partial charge in [-0.2, -0.15) is 5.10 Å². The van der Waals surface area contributed by atoms with Gasteiger partial charge < -0.3 is 21.0 Å². The molecule has 0 aliphatic heterocycles. The summed E-state index contributed by atoms with van der Waals surface area (Å²) in [6.45, 7) is 0.289. The van der Waals surface area contributed by atoms with E-state index >= 15 is 0 Å². The summed E-state index contributed by atoms with van der Waals surface area (Å²) in [5, 5.41) is 24.6. The van der Waals surface area contributed by atoms with Crippen LogP contribution in [-0.2, 0) is 11.3 Å². The molecule has 31 heavy (non-hydrogen) atoms. The molecule has 0 fully saturated rings. The minimum absolute atomic E-state index is 0.00941. The molecule has 0 radical (unpaired) electrons. The van der Waals surface area contributed by atoms with E-state index in [1.807, 2.05) is 0 Å². The number of halogens is 1. The number of hydrogen-bond acceptors (Lipinski definition) is 9. The number of methoxy groups -OCH3 is 1. The molecule has 3 aromatic rings. The van der Waals surface area contributed by atoms with Crippen molar-refractivity contribution in [3.63, 3.8) is 0 Å². The zero-order valence-electron chi connectivity index (χ0n) is 16.4. The van der Waals surface area contributed by atoms with Gasteiger partial charge >= 0.3 is 0 Å². The lowest BCUT2D eigenvalue weighted by Gasteiger charge is -2.05. The lowest BCUT2D eigenvalue weighted by molar-refractivity contribution is -0.118. The second-order valence-corrected chi connectivity index (χ2v) is 7.11. The Morgan fingerprint density at radius 1 is 1.32 bits per heavy atom. The summed E-state index contributed by atoms with van der Waals surface area (Å²) >= 11 is 1.10. The number of hydrogen-bond donors (Lipinski definition) is 4. The third kappa shape index (κ3) is 6.09. The molecule has 0 saturated carbocycles. The first kappa shape index (κ1) is 21.9. The number of carbonyl (C=O) groups is 1. The second-order valence-electron chi connectivity index (χ2n) is 6.17. The number of aromatic nitrogens is 3. The van der Waals surface area contributed by atoms with Crippen LogP contribution in [0.3, 0.4) is 0 Å². The van der Waals surface area contributed by atoms with E-state index in [-0.39, 0.29) is 35.7 Å². The maximum Gasteiger partial charge on any atom is 0.264 e. The zero-order chi connectivity index (χ0) is 22.2. The fourth-order valence-electron chi connectivity index (χ4n) is 2.39. The number of phenols is 1. The van der Waals surface area contributed by atoms with E-state index in [1.165, 1.54) is 36.2 Å². The summed E-state index contributed by atoms with van der Waals surface area (Å²) in [6.07, 6.45) is 1.46. The summed E-state index contributed by atoms with van der Waals surface area (Å²) < 4.78 is 19.0. The quantitative estimate of drug-likeness (QED) is 0.169. The Balaban J connectivity index is 1.48. The fraction of sp³-hybridized carbons (Fsp3) is 0.158. The summed E-state index contributed by atoms with van der Waals surface area (Å²) in [7, 11) is 1.46. The van der Waals surface area contributed by atoms with Crippen molar-refractivity contribution in [1.82, 2.24) is 20.2 Å². The highest BCUT2D eigenvalue weighted by Gasteiger charge is 2.12. The van der Waals surface area contributed by atoms with Crippen LogP contribution in [0.15, 0.2) is 52.7 Å². The Bertz CT molecular complexity index is 1070. The number of benzene rings is 2. The maximum absolute atomic E-state index is 12.9. The van der Waals surface area contributed by atoms with E-state index in [2.05, 4.69) is 26.0 Å². The Hall–Kier alpha value is -3.80. The Morgan fingerprint density at radius 2 is 2.10 bits per heavy atom. The predicted octanol–water partition coefficient (Wildman–Crippen LogP) is 1.70. The first-order chi connectivity index (χ1) is 15.0. The highest BCUT2D eigenvalue weighted by Crippen LogP contribution is 2.25. The fourth-order valence-corrected chi connectivity index (χ4v) is 3.07. The van der Waals surface area contributed by atoms with Crippen LogP contribution >= 0.6 is 11.8 Å². The number of amides is 1. The van der Waals surface area contributed by atoms with Gasteiger partial charge in [0, 0.05) is 6.54 Å². The molecule has 1 aromatic heterocycles. The number of nitrogens with one attached hydrogen (secondary N) is 2. The van der Waals surface area contributed by atoms with Crippen LogP contribution in [0.5, 0.6) is 11.5 Å². The van der Waals surface area contributed by atoms with E-state index in [0.717, 1.165) is 17.3 Å². The lowest BCUT2D eigenvalue weighted by atomic mass is 10.2. The number of nitrogens with two attached hydrogens (primary N) is 1. The number of anilines is 1. The molecule has 0 spiro atoms. The Labute approximate surface area is 181 Å². The largest absolute Gasteiger partial charge is 0.504 e. The average molecular weight is 445 g/mol. The van der Waals surface area contributed by atoms with Gasteiger partial charge in [0.15, 0.2) is 11.5 Å². The molecule has 0 aliphatic rings. The summed E-state index contributed by atoms with van der Waals surface area (Å²) in [6, 6.07) is 10.7. The number of nitrogens with zero attached hydrogens (tertiary/aromatic N) is 4. The van der Waals surface area contributed by atoms with Crippen LogP contribution in [0.25, 0.3) is 0 Å². The van der Waals surface area contributed by atoms with Gasteiger partial charge in [-0.3, -0.25) is 4.79 Å². The number of thioether (sulfide) groups is 1. The summed E-state index contributed by atoms with van der Waals surface area (Å²) in [5.41, 5.74) is 4.06. The van der Waals surface area contributed by atoms with Crippen molar-refractivity contribution >= 4 is 29.8 Å². The molecule has 3 rings (SSSR count). The van der Waals surface area contributed by atoms with E-state index in [4.69, 9.17) is 10.6 Å².